The molecule has 9 unspecified atom stereocenters. The Morgan fingerprint density at radius 2 is 0.826 bits per heavy atom. The number of aliphatic hydroxyl groups excluding tert-OH is 3. The molecular weight excluding hydrogens is 1570 g/mol. The number of carbonyl (C=O) groups excluding carboxylic acids is 9. The molecule has 5 aromatic carbocycles. The van der Waals surface area contributed by atoms with Gasteiger partial charge in [-0.25, -0.2) is 15.0 Å². The van der Waals surface area contributed by atoms with Crippen LogP contribution < -0.4 is 21.3 Å². The largest absolute Gasteiger partial charge is 0.443 e. The first kappa shape index (κ1) is 91.4. The lowest BCUT2D eigenvalue weighted by Gasteiger charge is -2.35. The van der Waals surface area contributed by atoms with E-state index in [1.54, 1.807) is 44.6 Å². The molecule has 9 atom stereocenters. The maximum absolute atomic E-state index is 14.0. The van der Waals surface area contributed by atoms with Gasteiger partial charge in [0.2, 0.25) is 41.4 Å². The van der Waals surface area contributed by atoms with Gasteiger partial charge in [-0.3, -0.25) is 43.2 Å². The Morgan fingerprint density at radius 3 is 1.13 bits per heavy atom. The fourth-order valence-corrected chi connectivity index (χ4v) is 18.8. The molecule has 0 radical (unpaired) electrons. The first-order chi connectivity index (χ1) is 56.8. The van der Waals surface area contributed by atoms with Crippen LogP contribution in [0.2, 0.25) is 0 Å². The summed E-state index contributed by atoms with van der Waals surface area (Å²) in [5.74, 6) is -2.25. The molecule has 5 aliphatic heterocycles. The third-order valence-electron chi connectivity index (χ3n) is 23.3. The van der Waals surface area contributed by atoms with Crippen molar-refractivity contribution in [3.8, 4) is 32.2 Å². The van der Waals surface area contributed by atoms with Gasteiger partial charge in [-0.2, -0.15) is 0 Å². The fraction of sp³-hybridized carbons (Fsp3) is 0.489. The lowest BCUT2D eigenvalue weighted by Crippen LogP contribution is -2.57. The van der Waals surface area contributed by atoms with Crippen LogP contribution >= 0.6 is 22.7 Å². The number of nitrogens with zero attached hydrogens (tertiary/aromatic N) is 8. The van der Waals surface area contributed by atoms with Crippen molar-refractivity contribution in [2.75, 3.05) is 19.6 Å². The van der Waals surface area contributed by atoms with Crippen molar-refractivity contribution in [2.24, 2.45) is 17.3 Å². The highest BCUT2D eigenvalue weighted by Crippen LogP contribution is 2.40. The Balaban J connectivity index is 0.000000178. The maximum Gasteiger partial charge on any atom is 0.255 e. The number of likely N-dealkylation sites (tertiary alicyclic amines) is 3. The number of fused-ring (bicyclic) bond motifs is 2. The highest BCUT2D eigenvalue weighted by molar-refractivity contribution is 7.13. The van der Waals surface area contributed by atoms with E-state index in [-0.39, 0.29) is 127 Å². The Labute approximate surface area is 718 Å². The number of carbonyl (C=O) groups is 9. The van der Waals surface area contributed by atoms with Crippen molar-refractivity contribution in [1.82, 2.24) is 60.7 Å². The number of amides is 9. The fourth-order valence-electron chi connectivity index (χ4n) is 17.2. The monoisotopic (exact) mass is 1690 g/mol. The second-order valence-corrected chi connectivity index (χ2v) is 39.3. The van der Waals surface area contributed by atoms with E-state index in [1.165, 1.54) is 28.0 Å². The minimum atomic E-state index is -0.831. The highest BCUT2D eigenvalue weighted by Gasteiger charge is 2.49. The van der Waals surface area contributed by atoms with Crippen molar-refractivity contribution in [1.29, 1.82) is 0 Å². The number of oxazole rings is 1. The molecule has 646 valence electrons. The molecular formula is C94H120N12O13S2. The number of β-amino-alcohol motifs (C(OH)–C–C–N with tert-alkyl or cyclic N) is 3. The third kappa shape index (κ3) is 20.7. The molecule has 0 bridgehead atoms. The molecule has 3 fully saturated rings. The number of hydrogen-bond acceptors (Lipinski definition) is 18. The minimum absolute atomic E-state index is 0.0492. The number of rotatable bonds is 20. The lowest BCUT2D eigenvalue weighted by molar-refractivity contribution is -0.143. The number of thiazole rings is 2. The average molecular weight is 1690 g/mol. The van der Waals surface area contributed by atoms with E-state index in [9.17, 15) is 58.5 Å². The van der Waals surface area contributed by atoms with Crippen molar-refractivity contribution >= 4 is 75.8 Å². The highest BCUT2D eigenvalue weighted by atomic mass is 32.1. The minimum Gasteiger partial charge on any atom is -0.443 e. The second-order valence-electron chi connectivity index (χ2n) is 37.6. The molecule has 9 amide bonds. The summed E-state index contributed by atoms with van der Waals surface area (Å²) < 4.78 is 5.60. The van der Waals surface area contributed by atoms with Crippen molar-refractivity contribution in [2.45, 2.75) is 261 Å². The standard InChI is InChI=1S/C33H40N4O5.C33H40N4O4S.C28H40N4O4S/c2*1-19(2)28(37-16-23-9-7-8-10-25(23)31(37)40)32(41)36-17-24(38)14-27(36)30(39)34-15-22-12-11-21(13-26(22)33(4,5)6)29-20(3)35-18-42-29;1-16-23(37-15-30-16)18-9-10-19(21(11-18)27(3,4)5)13-29-25(35)22-12-20(34)14-32(22)26(36)24(28(6,7)8)31-17(2)33/h2*7-13,18-19,24,27-28,38H,14-17H2,1-6H3,(H,34,39);9-11,15,20,22,24,34H,12-14H2,1-8H3,(H,29,35)(H,31,33). The molecule has 0 aliphatic carbocycles. The van der Waals surface area contributed by atoms with Crippen LogP contribution in [0.4, 0.5) is 0 Å². The molecule has 121 heavy (non-hydrogen) atoms. The van der Waals surface area contributed by atoms with Crippen molar-refractivity contribution in [3.05, 3.63) is 193 Å². The molecule has 25 nitrogen and oxygen atoms in total. The maximum atomic E-state index is 14.0. The summed E-state index contributed by atoms with van der Waals surface area (Å²) in [6, 6.07) is 28.6. The summed E-state index contributed by atoms with van der Waals surface area (Å²) in [6.07, 6.45) is -0.538. The van der Waals surface area contributed by atoms with Crippen molar-refractivity contribution < 1.29 is 62.9 Å². The molecule has 3 aromatic heterocycles. The number of aromatic nitrogens is 3. The zero-order valence-corrected chi connectivity index (χ0v) is 75.1. The van der Waals surface area contributed by atoms with E-state index in [1.807, 2.05) is 147 Å². The zero-order valence-electron chi connectivity index (χ0n) is 73.5. The van der Waals surface area contributed by atoms with Gasteiger partial charge in [0.25, 0.3) is 11.8 Å². The lowest BCUT2D eigenvalue weighted by atomic mass is 9.82. The van der Waals surface area contributed by atoms with E-state index < -0.39 is 60.0 Å². The molecule has 27 heteroatoms. The van der Waals surface area contributed by atoms with Gasteiger partial charge in [-0.1, -0.05) is 184 Å². The molecule has 3 saturated heterocycles. The van der Waals surface area contributed by atoms with Gasteiger partial charge < -0.3 is 65.5 Å². The Kier molecular flexibility index (Phi) is 28.1. The van der Waals surface area contributed by atoms with Gasteiger partial charge in [-0.15, -0.1) is 22.7 Å². The van der Waals surface area contributed by atoms with E-state index in [4.69, 9.17) is 4.42 Å². The number of nitrogens with one attached hydrogen (secondary N) is 4. The SMILES string of the molecule is CC(=O)NC(C(=O)N1CC(O)CC1C(=O)NCc1ccc(-c2scnc2C)cc1C(C)(C)C)C(C)(C)C.Cc1ncoc1-c1ccc(CNC(=O)C2CC(O)CN2C(=O)C(C(C)C)N2Cc3ccccc3C2=O)c(C(C)(C)C)c1.Cc1ncsc1-c1ccc(CNC(=O)C2CC(O)CN2C(=O)C(C(C)C)N2Cc3ccccc3C2=O)c(C(C)(C)C)c1. The molecule has 7 N–H and O–H groups in total. The second kappa shape index (κ2) is 37.2. The van der Waals surface area contributed by atoms with Gasteiger partial charge in [0, 0.05) is 95.2 Å². The number of aliphatic hydroxyl groups is 3. The molecule has 5 aliphatic rings. The number of hydrogen-bond donors (Lipinski definition) is 7. The molecule has 8 heterocycles. The first-order valence-electron chi connectivity index (χ1n) is 41.8. The number of aryl methyl sites for hydroxylation is 3. The quantitative estimate of drug-likeness (QED) is 0.0373. The Hall–Kier alpha value is -10.3. The predicted octanol–water partition coefficient (Wildman–Crippen LogP) is 12.4. The molecule has 0 spiro atoms. The van der Waals surface area contributed by atoms with Crippen LogP contribution in [-0.4, -0.2) is 182 Å². The topological polar surface area (TPSA) is 330 Å². The first-order valence-corrected chi connectivity index (χ1v) is 43.5. The predicted molar refractivity (Wildman–Crippen MR) is 468 cm³/mol. The van der Waals surface area contributed by atoms with Crippen LogP contribution in [0, 0.1) is 38.0 Å². The molecule has 13 rings (SSSR count). The van der Waals surface area contributed by atoms with E-state index in [0.29, 0.717) is 43.1 Å². The summed E-state index contributed by atoms with van der Waals surface area (Å²) in [5, 5.41) is 43.3. The van der Waals surface area contributed by atoms with Gasteiger partial charge in [0.1, 0.15) is 36.3 Å². The van der Waals surface area contributed by atoms with Crippen LogP contribution in [0.1, 0.15) is 219 Å². The van der Waals surface area contributed by atoms with E-state index in [2.05, 4.69) is 123 Å². The Bertz CT molecular complexity index is 4950. The van der Waals surface area contributed by atoms with Crippen molar-refractivity contribution in [3.63, 3.8) is 0 Å². The van der Waals surface area contributed by atoms with Gasteiger partial charge in [0.05, 0.1) is 56.2 Å². The molecule has 0 saturated carbocycles. The smallest absolute Gasteiger partial charge is 0.255 e. The van der Waals surface area contributed by atoms with Crippen LogP contribution in [0.3, 0.4) is 0 Å². The number of benzene rings is 5. The van der Waals surface area contributed by atoms with Gasteiger partial charge in [0.15, 0.2) is 12.2 Å². The van der Waals surface area contributed by atoms with E-state index in [0.717, 1.165) is 88.0 Å². The van der Waals surface area contributed by atoms with Gasteiger partial charge >= 0.3 is 0 Å². The summed E-state index contributed by atoms with van der Waals surface area (Å²) in [6.45, 7) is 41.4. The average Bonchev–Trinajstić information content (AvgIpc) is 1.58. The van der Waals surface area contributed by atoms with E-state index >= 15 is 0 Å². The zero-order chi connectivity index (χ0) is 88.4. The summed E-state index contributed by atoms with van der Waals surface area (Å²) in [5.41, 5.74) is 17.7. The van der Waals surface area contributed by atoms with Crippen LogP contribution in [0.25, 0.3) is 32.2 Å². The van der Waals surface area contributed by atoms with Crippen LogP contribution in [-0.2, 0) is 82.5 Å². The third-order valence-corrected chi connectivity index (χ3v) is 25.3. The molecule has 8 aromatic rings. The van der Waals surface area contributed by atoms with Gasteiger partial charge in [-0.05, 0) is 140 Å². The van der Waals surface area contributed by atoms with Crippen LogP contribution in [0.5, 0.6) is 0 Å². The Morgan fingerprint density at radius 1 is 0.479 bits per heavy atom. The normalized spacial score (nSPS) is 19.3. The summed E-state index contributed by atoms with van der Waals surface area (Å²) in [7, 11) is 0. The summed E-state index contributed by atoms with van der Waals surface area (Å²) >= 11 is 3.21. The summed E-state index contributed by atoms with van der Waals surface area (Å²) in [4.78, 5) is 143. The van der Waals surface area contributed by atoms with Crippen LogP contribution in [0.15, 0.2) is 125 Å².